The fourth-order valence-electron chi connectivity index (χ4n) is 4.23. The van der Waals surface area contributed by atoms with Gasteiger partial charge >= 0.3 is 0 Å². The molecule has 4 aromatic rings. The lowest BCUT2D eigenvalue weighted by Gasteiger charge is -2.13. The van der Waals surface area contributed by atoms with Crippen LogP contribution in [0.4, 0.5) is 13.2 Å². The van der Waals surface area contributed by atoms with Crippen molar-refractivity contribution in [3.05, 3.63) is 53.3 Å². The number of rotatable bonds is 3. The van der Waals surface area contributed by atoms with Gasteiger partial charge in [-0.25, -0.2) is 13.2 Å². The van der Waals surface area contributed by atoms with Gasteiger partial charge in [-0.2, -0.15) is 0 Å². The summed E-state index contributed by atoms with van der Waals surface area (Å²) in [5, 5.41) is 1.73. The highest BCUT2D eigenvalue weighted by molar-refractivity contribution is 7.26. The number of hydrogen-bond donors (Lipinski definition) is 0. The van der Waals surface area contributed by atoms with Crippen molar-refractivity contribution in [2.24, 2.45) is 0 Å². The summed E-state index contributed by atoms with van der Waals surface area (Å²) in [5.74, 6) is -1.37. The summed E-state index contributed by atoms with van der Waals surface area (Å²) in [7, 11) is 0. The van der Waals surface area contributed by atoms with Gasteiger partial charge in [0.15, 0.2) is 17.4 Å². The molecule has 0 saturated heterocycles. The highest BCUT2D eigenvalue weighted by atomic mass is 32.1. The van der Waals surface area contributed by atoms with Crippen LogP contribution >= 0.6 is 11.3 Å². The fraction of sp³-hybridized carbons (Fsp3) is 0.304. The van der Waals surface area contributed by atoms with Crippen LogP contribution in [-0.2, 0) is 6.42 Å². The maximum absolute atomic E-state index is 15.3. The van der Waals surface area contributed by atoms with E-state index in [0.29, 0.717) is 32.8 Å². The number of fused-ring (bicyclic) bond motifs is 4. The number of hydrogen-bond acceptors (Lipinski definition) is 2. The first-order valence-electron chi connectivity index (χ1n) is 9.69. The highest BCUT2D eigenvalue weighted by Gasteiger charge is 2.22. The van der Waals surface area contributed by atoms with E-state index in [0.717, 1.165) is 37.0 Å². The van der Waals surface area contributed by atoms with Gasteiger partial charge in [-0.05, 0) is 61.3 Å². The predicted molar refractivity (Wildman–Crippen MR) is 109 cm³/mol. The van der Waals surface area contributed by atoms with Crippen LogP contribution < -0.4 is 4.74 Å². The Kier molecular flexibility index (Phi) is 4.23. The van der Waals surface area contributed by atoms with Crippen LogP contribution in [0.15, 0.2) is 30.3 Å². The van der Waals surface area contributed by atoms with E-state index in [1.807, 2.05) is 6.92 Å². The lowest BCUT2D eigenvalue weighted by atomic mass is 10.0. The molecule has 0 atom stereocenters. The van der Waals surface area contributed by atoms with Crippen molar-refractivity contribution in [2.45, 2.75) is 45.1 Å². The van der Waals surface area contributed by atoms with E-state index in [-0.39, 0.29) is 21.9 Å². The van der Waals surface area contributed by atoms with Gasteiger partial charge in [-0.3, -0.25) is 0 Å². The first-order chi connectivity index (χ1) is 13.6. The summed E-state index contributed by atoms with van der Waals surface area (Å²) in [6.07, 6.45) is 4.59. The maximum atomic E-state index is 15.3. The van der Waals surface area contributed by atoms with Gasteiger partial charge in [-0.15, -0.1) is 11.3 Å². The Morgan fingerprint density at radius 2 is 1.68 bits per heavy atom. The molecule has 144 valence electrons. The molecule has 0 aliphatic heterocycles. The third kappa shape index (κ3) is 2.60. The van der Waals surface area contributed by atoms with E-state index in [2.05, 4.69) is 0 Å². The third-order valence-corrected chi connectivity index (χ3v) is 6.96. The van der Waals surface area contributed by atoms with Gasteiger partial charge in [0.2, 0.25) is 0 Å². The Labute approximate surface area is 164 Å². The molecule has 0 amide bonds. The summed E-state index contributed by atoms with van der Waals surface area (Å²) in [6.45, 7) is 1.83. The molecule has 0 spiro atoms. The summed E-state index contributed by atoms with van der Waals surface area (Å²) < 4.78 is 51.6. The number of benzene rings is 3. The van der Waals surface area contributed by atoms with E-state index < -0.39 is 17.5 Å². The minimum atomic E-state index is -0.612. The van der Waals surface area contributed by atoms with Crippen molar-refractivity contribution >= 4 is 42.3 Å². The van der Waals surface area contributed by atoms with E-state index in [1.54, 1.807) is 30.3 Å². The van der Waals surface area contributed by atoms with Crippen LogP contribution in [0.3, 0.4) is 0 Å². The van der Waals surface area contributed by atoms with Gasteiger partial charge in [0.25, 0.3) is 0 Å². The molecule has 0 unspecified atom stereocenters. The van der Waals surface area contributed by atoms with Crippen LogP contribution in [0.25, 0.3) is 30.9 Å². The van der Waals surface area contributed by atoms with Crippen LogP contribution in [0.2, 0.25) is 0 Å². The van der Waals surface area contributed by atoms with Crippen LogP contribution in [-0.4, -0.2) is 6.10 Å². The molecule has 1 saturated carbocycles. The van der Waals surface area contributed by atoms with Crippen molar-refractivity contribution in [1.82, 2.24) is 0 Å². The monoisotopic (exact) mass is 400 g/mol. The zero-order valence-corrected chi connectivity index (χ0v) is 16.3. The van der Waals surface area contributed by atoms with Gasteiger partial charge < -0.3 is 4.74 Å². The molecule has 0 bridgehead atoms. The SMILES string of the molecule is CCc1ccc2cc3c(sc4c(F)c(OC5CCCC5)ccc43)c(F)c2c1F. The molecular formula is C23H19F3OS. The Morgan fingerprint density at radius 1 is 0.929 bits per heavy atom. The minimum Gasteiger partial charge on any atom is -0.487 e. The smallest absolute Gasteiger partial charge is 0.182 e. The van der Waals surface area contributed by atoms with Crippen molar-refractivity contribution in [3.8, 4) is 5.75 Å². The molecule has 1 fully saturated rings. The molecule has 0 N–H and O–H groups in total. The molecule has 3 aromatic carbocycles. The summed E-state index contributed by atoms with van der Waals surface area (Å²) >= 11 is 1.03. The highest BCUT2D eigenvalue weighted by Crippen LogP contribution is 2.43. The van der Waals surface area contributed by atoms with E-state index in [1.165, 1.54) is 0 Å². The molecule has 0 radical (unpaired) electrons. The molecule has 1 nitrogen and oxygen atoms in total. The Balaban J connectivity index is 1.74. The Morgan fingerprint density at radius 3 is 2.43 bits per heavy atom. The molecule has 5 heteroatoms. The normalized spacial score (nSPS) is 15.3. The molecule has 1 aliphatic carbocycles. The lowest BCUT2D eigenvalue weighted by Crippen LogP contribution is -2.11. The first-order valence-corrected chi connectivity index (χ1v) is 10.5. The number of aryl methyl sites for hydroxylation is 1. The van der Waals surface area contributed by atoms with Crippen LogP contribution in [0, 0.1) is 17.5 Å². The van der Waals surface area contributed by atoms with Crippen molar-refractivity contribution in [1.29, 1.82) is 0 Å². The molecule has 1 aliphatic rings. The lowest BCUT2D eigenvalue weighted by molar-refractivity contribution is 0.201. The molecule has 1 heterocycles. The van der Waals surface area contributed by atoms with Gasteiger partial charge in [0.1, 0.15) is 5.82 Å². The zero-order chi connectivity index (χ0) is 19.4. The average molecular weight is 400 g/mol. The molecule has 5 rings (SSSR count). The minimum absolute atomic E-state index is 0.0127. The van der Waals surface area contributed by atoms with Gasteiger partial charge in [-0.1, -0.05) is 19.1 Å². The standard InChI is InChI=1S/C23H19F3OS/c1-2-12-7-8-13-11-16-15-9-10-17(27-14-5-3-4-6-14)20(25)22(15)28-23(16)21(26)18(13)19(12)24/h7-11,14H,2-6H2,1H3. The van der Waals surface area contributed by atoms with Crippen molar-refractivity contribution < 1.29 is 17.9 Å². The largest absolute Gasteiger partial charge is 0.487 e. The molecule has 1 aromatic heterocycles. The average Bonchev–Trinajstić information content (AvgIpc) is 3.33. The summed E-state index contributed by atoms with van der Waals surface area (Å²) in [5.41, 5.74) is 0.477. The second-order valence-electron chi connectivity index (χ2n) is 7.44. The van der Waals surface area contributed by atoms with E-state index in [9.17, 15) is 4.39 Å². The second kappa shape index (κ2) is 6.66. The van der Waals surface area contributed by atoms with Crippen molar-refractivity contribution in [2.75, 3.05) is 0 Å². The van der Waals surface area contributed by atoms with E-state index in [4.69, 9.17) is 4.74 Å². The summed E-state index contributed by atoms with van der Waals surface area (Å²) in [6, 6.07) is 8.59. The number of thiophene rings is 1. The van der Waals surface area contributed by atoms with Crippen LogP contribution in [0.5, 0.6) is 5.75 Å². The second-order valence-corrected chi connectivity index (χ2v) is 8.46. The summed E-state index contributed by atoms with van der Waals surface area (Å²) in [4.78, 5) is 0. The van der Waals surface area contributed by atoms with Crippen molar-refractivity contribution in [3.63, 3.8) is 0 Å². The fourth-order valence-corrected chi connectivity index (χ4v) is 5.38. The maximum Gasteiger partial charge on any atom is 0.182 e. The third-order valence-electron chi connectivity index (χ3n) is 5.75. The van der Waals surface area contributed by atoms with Gasteiger partial charge in [0, 0.05) is 10.8 Å². The number of halogens is 3. The van der Waals surface area contributed by atoms with E-state index >= 15 is 8.78 Å². The first kappa shape index (κ1) is 17.8. The molecule has 28 heavy (non-hydrogen) atoms. The molecular weight excluding hydrogens is 381 g/mol. The topological polar surface area (TPSA) is 9.23 Å². The predicted octanol–water partition coefficient (Wildman–Crippen LogP) is 7.51. The zero-order valence-electron chi connectivity index (χ0n) is 15.5. The quantitative estimate of drug-likeness (QED) is 0.346. The van der Waals surface area contributed by atoms with Crippen LogP contribution in [0.1, 0.15) is 38.2 Å². The Hall–Kier alpha value is -2.27. The Bertz CT molecular complexity index is 1220. The van der Waals surface area contributed by atoms with Gasteiger partial charge in [0.05, 0.1) is 20.9 Å². The number of ether oxygens (including phenoxy) is 1.